The highest BCUT2D eigenvalue weighted by Gasteiger charge is 2.13. The van der Waals surface area contributed by atoms with Gasteiger partial charge in [-0.15, -0.1) is 22.9 Å². The van der Waals surface area contributed by atoms with Crippen molar-refractivity contribution in [2.45, 2.75) is 12.3 Å². The second-order valence-corrected chi connectivity index (χ2v) is 5.90. The first-order chi connectivity index (χ1) is 9.49. The molecule has 106 valence electrons. The Hall–Kier alpha value is -1.05. The number of benzene rings is 1. The number of amides is 1. The second kappa shape index (κ2) is 6.60. The number of rotatable bonds is 4. The average molecular weight is 382 g/mol. The molecule has 0 aliphatic heterocycles. The zero-order valence-electron chi connectivity index (χ0n) is 9.92. The minimum absolute atomic E-state index is 0.00991. The van der Waals surface area contributed by atoms with Crippen molar-refractivity contribution in [2.75, 3.05) is 5.32 Å². The lowest BCUT2D eigenvalue weighted by Crippen LogP contribution is -2.15. The van der Waals surface area contributed by atoms with Crippen molar-refractivity contribution in [1.29, 1.82) is 0 Å². The van der Waals surface area contributed by atoms with Crippen molar-refractivity contribution in [2.24, 2.45) is 0 Å². The van der Waals surface area contributed by atoms with Gasteiger partial charge < -0.3 is 5.32 Å². The largest absolute Gasteiger partial charge is 0.323 e. The van der Waals surface area contributed by atoms with Crippen LogP contribution in [0.15, 0.2) is 22.0 Å². The van der Waals surface area contributed by atoms with Crippen LogP contribution in [0.2, 0.25) is 0 Å². The zero-order chi connectivity index (χ0) is 14.7. The summed E-state index contributed by atoms with van der Waals surface area (Å²) in [5.74, 6) is -1.72. The molecular weight excluding hydrogens is 374 g/mol. The Morgan fingerprint density at radius 1 is 1.40 bits per heavy atom. The van der Waals surface area contributed by atoms with E-state index in [1.165, 1.54) is 17.4 Å². The quantitative estimate of drug-likeness (QED) is 0.640. The molecule has 1 aromatic heterocycles. The summed E-state index contributed by atoms with van der Waals surface area (Å²) in [5, 5.41) is 4.71. The third-order valence-corrected chi connectivity index (χ3v) is 4.11. The maximum Gasteiger partial charge on any atom is 0.231 e. The zero-order valence-corrected chi connectivity index (χ0v) is 13.1. The molecule has 3 nitrogen and oxygen atoms in total. The van der Waals surface area contributed by atoms with Crippen LogP contribution in [0.5, 0.6) is 0 Å². The highest BCUT2D eigenvalue weighted by atomic mass is 79.9. The first kappa shape index (κ1) is 15.3. The van der Waals surface area contributed by atoms with E-state index in [4.69, 9.17) is 11.6 Å². The van der Waals surface area contributed by atoms with Gasteiger partial charge in [0.15, 0.2) is 0 Å². The van der Waals surface area contributed by atoms with E-state index in [1.807, 2.05) is 0 Å². The normalized spacial score (nSPS) is 10.6. The van der Waals surface area contributed by atoms with Gasteiger partial charge in [-0.1, -0.05) is 0 Å². The molecule has 20 heavy (non-hydrogen) atoms. The predicted octanol–water partition coefficient (Wildman–Crippen LogP) is 4.10. The van der Waals surface area contributed by atoms with Gasteiger partial charge in [-0.2, -0.15) is 0 Å². The summed E-state index contributed by atoms with van der Waals surface area (Å²) in [7, 11) is 0. The van der Waals surface area contributed by atoms with E-state index in [0.717, 1.165) is 0 Å². The molecule has 0 saturated heterocycles. The number of halogens is 4. The highest BCUT2D eigenvalue weighted by molar-refractivity contribution is 9.10. The van der Waals surface area contributed by atoms with Gasteiger partial charge >= 0.3 is 0 Å². The number of hydrogen-bond acceptors (Lipinski definition) is 3. The number of carbonyl (C=O) groups excluding carboxylic acids is 1. The number of nitrogens with zero attached hydrogens (tertiary/aromatic N) is 1. The van der Waals surface area contributed by atoms with Crippen molar-refractivity contribution in [3.8, 4) is 0 Å². The molecule has 0 aliphatic rings. The summed E-state index contributed by atoms with van der Waals surface area (Å²) in [4.78, 5) is 15.9. The van der Waals surface area contributed by atoms with Gasteiger partial charge in [0.05, 0.1) is 28.2 Å². The summed E-state index contributed by atoms with van der Waals surface area (Å²) in [6.07, 6.45) is 0.00991. The minimum Gasteiger partial charge on any atom is -0.323 e. The smallest absolute Gasteiger partial charge is 0.231 e. The molecule has 0 atom stereocenters. The van der Waals surface area contributed by atoms with E-state index in [9.17, 15) is 13.6 Å². The Balaban J connectivity index is 2.06. The van der Waals surface area contributed by atoms with E-state index in [0.29, 0.717) is 16.8 Å². The molecule has 0 unspecified atom stereocenters. The Kier molecular flexibility index (Phi) is 5.06. The van der Waals surface area contributed by atoms with Gasteiger partial charge in [0.2, 0.25) is 5.91 Å². The molecule has 1 aromatic carbocycles. The number of thiazole rings is 1. The van der Waals surface area contributed by atoms with E-state index in [2.05, 4.69) is 26.2 Å². The molecule has 1 amide bonds. The molecule has 0 bridgehead atoms. The lowest BCUT2D eigenvalue weighted by molar-refractivity contribution is -0.115. The van der Waals surface area contributed by atoms with Crippen molar-refractivity contribution in [1.82, 2.24) is 4.98 Å². The molecular formula is C12H8BrClF2N2OS. The van der Waals surface area contributed by atoms with Crippen molar-refractivity contribution in [3.63, 3.8) is 0 Å². The van der Waals surface area contributed by atoms with Gasteiger partial charge in [0.25, 0.3) is 0 Å². The number of hydrogen-bond donors (Lipinski definition) is 1. The van der Waals surface area contributed by atoms with Crippen molar-refractivity contribution < 1.29 is 13.6 Å². The van der Waals surface area contributed by atoms with Crippen LogP contribution in [0.4, 0.5) is 14.5 Å². The third-order valence-electron chi connectivity index (χ3n) is 2.33. The van der Waals surface area contributed by atoms with Gasteiger partial charge in [0.1, 0.15) is 16.6 Å². The number of carbonyl (C=O) groups is 1. The fraction of sp³-hybridized carbons (Fsp3) is 0.167. The number of anilines is 1. The van der Waals surface area contributed by atoms with E-state index in [-0.39, 0.29) is 22.5 Å². The molecule has 0 saturated carbocycles. The predicted molar refractivity (Wildman–Crippen MR) is 78.1 cm³/mol. The summed E-state index contributed by atoms with van der Waals surface area (Å²) in [6.45, 7) is 0. The molecule has 2 aromatic rings. The standard InChI is InChI=1S/C12H8BrClF2N2OS/c13-7-1-10(9(16)2-8(7)15)18-11(19)3-12-17-6(4-14)5-20-12/h1-2,5H,3-4H2,(H,18,19). The summed E-state index contributed by atoms with van der Waals surface area (Å²) < 4.78 is 26.6. The highest BCUT2D eigenvalue weighted by Crippen LogP contribution is 2.24. The number of nitrogens with one attached hydrogen (secondary N) is 1. The van der Waals surface area contributed by atoms with E-state index < -0.39 is 17.5 Å². The van der Waals surface area contributed by atoms with Crippen molar-refractivity contribution in [3.05, 3.63) is 44.3 Å². The lowest BCUT2D eigenvalue weighted by atomic mass is 10.3. The molecule has 1 N–H and O–H groups in total. The van der Waals surface area contributed by atoms with Crippen LogP contribution in [0, 0.1) is 11.6 Å². The molecule has 0 aliphatic carbocycles. The summed E-state index contributed by atoms with van der Waals surface area (Å²) >= 11 is 9.85. The van der Waals surface area contributed by atoms with Gasteiger partial charge in [-0.25, -0.2) is 13.8 Å². The molecule has 0 radical (unpaired) electrons. The van der Waals surface area contributed by atoms with Crippen LogP contribution in [-0.4, -0.2) is 10.9 Å². The third kappa shape index (κ3) is 3.74. The number of aromatic nitrogens is 1. The Morgan fingerprint density at radius 2 is 2.15 bits per heavy atom. The second-order valence-electron chi connectivity index (χ2n) is 3.84. The Labute approximate surface area is 131 Å². The van der Waals surface area contributed by atoms with E-state index in [1.54, 1.807) is 5.38 Å². The maximum absolute atomic E-state index is 13.5. The molecule has 8 heteroatoms. The first-order valence-electron chi connectivity index (χ1n) is 5.43. The van der Waals surface area contributed by atoms with E-state index >= 15 is 0 Å². The minimum atomic E-state index is -0.834. The molecule has 0 spiro atoms. The number of alkyl halides is 1. The maximum atomic E-state index is 13.5. The van der Waals surface area contributed by atoms with Gasteiger partial charge in [0, 0.05) is 11.4 Å². The summed E-state index contributed by atoms with van der Waals surface area (Å²) in [6, 6.07) is 1.88. The SMILES string of the molecule is O=C(Cc1nc(CCl)cs1)Nc1cc(Br)c(F)cc1F. The fourth-order valence-corrected chi connectivity index (χ4v) is 2.81. The molecule has 1 heterocycles. The van der Waals surface area contributed by atoms with Gasteiger partial charge in [-0.3, -0.25) is 4.79 Å². The average Bonchev–Trinajstić information content (AvgIpc) is 2.83. The molecule has 2 rings (SSSR count). The first-order valence-corrected chi connectivity index (χ1v) is 7.64. The van der Waals surface area contributed by atoms with Crippen LogP contribution in [0.3, 0.4) is 0 Å². The van der Waals surface area contributed by atoms with Crippen LogP contribution in [-0.2, 0) is 17.1 Å². The monoisotopic (exact) mass is 380 g/mol. The van der Waals surface area contributed by atoms with Crippen LogP contribution in [0.25, 0.3) is 0 Å². The molecule has 0 fully saturated rings. The topological polar surface area (TPSA) is 42.0 Å². The Morgan fingerprint density at radius 3 is 2.80 bits per heavy atom. The fourth-order valence-electron chi connectivity index (χ4n) is 1.44. The summed E-state index contributed by atoms with van der Waals surface area (Å²) in [5.41, 5.74) is 0.604. The Bertz CT molecular complexity index is 650. The van der Waals surface area contributed by atoms with Crippen LogP contribution >= 0.6 is 38.9 Å². The van der Waals surface area contributed by atoms with Gasteiger partial charge in [-0.05, 0) is 22.0 Å². The lowest BCUT2D eigenvalue weighted by Gasteiger charge is -2.06. The van der Waals surface area contributed by atoms with Crippen LogP contribution < -0.4 is 5.32 Å². The van der Waals surface area contributed by atoms with Crippen LogP contribution in [0.1, 0.15) is 10.7 Å². The van der Waals surface area contributed by atoms with Crippen molar-refractivity contribution >= 4 is 50.5 Å².